The van der Waals surface area contributed by atoms with Gasteiger partial charge in [0.05, 0.1) is 19.3 Å². The van der Waals surface area contributed by atoms with E-state index in [1.807, 2.05) is 24.3 Å². The molecule has 0 amide bonds. The van der Waals surface area contributed by atoms with Crippen LogP contribution in [0.25, 0.3) is 0 Å². The minimum Gasteiger partial charge on any atom is -0.504 e. The second kappa shape index (κ2) is 7.94. The average Bonchev–Trinajstić information content (AvgIpc) is 2.70. The lowest BCUT2D eigenvalue weighted by atomic mass is 9.66. The SMILES string of the molecule is COc1cc([C@@H]2[C@@H]3CCCC[C@]3(O)CC[NH+]2Cc2ccc(Cl)cc2)ccc1O. The van der Waals surface area contributed by atoms with Crippen molar-refractivity contribution >= 4 is 11.6 Å². The van der Waals surface area contributed by atoms with E-state index in [1.165, 1.54) is 10.5 Å². The third-order valence-corrected chi connectivity index (χ3v) is 6.95. The molecule has 1 saturated carbocycles. The summed E-state index contributed by atoms with van der Waals surface area (Å²) in [6.07, 6.45) is 5.02. The number of aromatic hydroxyl groups is 1. The Morgan fingerprint density at radius 1 is 1.14 bits per heavy atom. The van der Waals surface area contributed by atoms with Gasteiger partial charge in [0, 0.05) is 28.5 Å². The third-order valence-electron chi connectivity index (χ3n) is 6.69. The second-order valence-corrected chi connectivity index (χ2v) is 8.76. The fourth-order valence-corrected chi connectivity index (χ4v) is 5.40. The molecule has 1 aliphatic heterocycles. The minimum absolute atomic E-state index is 0.153. The molecule has 5 heteroatoms. The number of phenols is 1. The smallest absolute Gasteiger partial charge is 0.160 e. The average molecular weight is 403 g/mol. The number of likely N-dealkylation sites (tertiary alicyclic amines) is 1. The Balaban J connectivity index is 1.70. The number of phenolic OH excluding ortho intramolecular Hbond substituents is 1. The zero-order valence-corrected chi connectivity index (χ0v) is 17.1. The molecule has 4 rings (SSSR count). The Morgan fingerprint density at radius 2 is 1.93 bits per heavy atom. The fourth-order valence-electron chi connectivity index (χ4n) is 5.27. The molecule has 3 N–H and O–H groups in total. The van der Waals surface area contributed by atoms with Gasteiger partial charge in [-0.15, -0.1) is 0 Å². The van der Waals surface area contributed by atoms with Crippen molar-refractivity contribution in [2.75, 3.05) is 13.7 Å². The number of fused-ring (bicyclic) bond motifs is 1. The van der Waals surface area contributed by atoms with Crippen LogP contribution in [-0.4, -0.2) is 29.5 Å². The van der Waals surface area contributed by atoms with Gasteiger partial charge in [0.25, 0.3) is 0 Å². The van der Waals surface area contributed by atoms with Gasteiger partial charge >= 0.3 is 0 Å². The first kappa shape index (κ1) is 19.6. The van der Waals surface area contributed by atoms with E-state index in [0.717, 1.165) is 55.8 Å². The number of quaternary nitrogens is 1. The van der Waals surface area contributed by atoms with Gasteiger partial charge in [-0.25, -0.2) is 0 Å². The van der Waals surface area contributed by atoms with Crippen molar-refractivity contribution in [3.8, 4) is 11.5 Å². The summed E-state index contributed by atoms with van der Waals surface area (Å²) in [6, 6.07) is 13.9. The summed E-state index contributed by atoms with van der Waals surface area (Å²) in [6.45, 7) is 1.81. The summed E-state index contributed by atoms with van der Waals surface area (Å²) in [5.74, 6) is 0.861. The molecule has 2 aromatic carbocycles. The van der Waals surface area contributed by atoms with E-state index in [1.54, 1.807) is 13.2 Å². The highest BCUT2D eigenvalue weighted by atomic mass is 35.5. The van der Waals surface area contributed by atoms with Crippen molar-refractivity contribution in [1.82, 2.24) is 0 Å². The lowest BCUT2D eigenvalue weighted by Gasteiger charge is -2.50. The van der Waals surface area contributed by atoms with Crippen LogP contribution in [-0.2, 0) is 6.54 Å². The molecular formula is C23H29ClNO3+. The van der Waals surface area contributed by atoms with E-state index >= 15 is 0 Å². The number of rotatable bonds is 4. The topological polar surface area (TPSA) is 54.1 Å². The van der Waals surface area contributed by atoms with Gasteiger partial charge in [-0.1, -0.05) is 36.6 Å². The van der Waals surface area contributed by atoms with E-state index in [4.69, 9.17) is 16.3 Å². The molecule has 0 spiro atoms. The van der Waals surface area contributed by atoms with Crippen LogP contribution in [0, 0.1) is 5.92 Å². The molecule has 1 aliphatic carbocycles. The van der Waals surface area contributed by atoms with Crippen molar-refractivity contribution in [2.24, 2.45) is 5.92 Å². The number of ether oxygens (including phenoxy) is 1. The summed E-state index contributed by atoms with van der Waals surface area (Å²) in [7, 11) is 1.58. The minimum atomic E-state index is -0.586. The van der Waals surface area contributed by atoms with Gasteiger partial charge in [0.2, 0.25) is 0 Å². The molecule has 2 aromatic rings. The van der Waals surface area contributed by atoms with Crippen LogP contribution >= 0.6 is 11.6 Å². The summed E-state index contributed by atoms with van der Waals surface area (Å²) < 4.78 is 5.37. The maximum atomic E-state index is 11.4. The highest BCUT2D eigenvalue weighted by Crippen LogP contribution is 2.45. The van der Waals surface area contributed by atoms with Crippen molar-refractivity contribution in [2.45, 2.75) is 50.3 Å². The molecule has 150 valence electrons. The van der Waals surface area contributed by atoms with E-state index < -0.39 is 5.60 Å². The van der Waals surface area contributed by atoms with E-state index in [9.17, 15) is 10.2 Å². The maximum Gasteiger partial charge on any atom is 0.160 e. The standard InChI is InChI=1S/C23H28ClNO3/c1-28-21-14-17(7-10-20(21)26)22-19-4-2-3-11-23(19,27)12-13-25(22)15-16-5-8-18(24)9-6-16/h5-10,14,19,22,26-27H,2-4,11-13,15H2,1H3/p+1/t19-,22+,23-/m0/s1. The highest BCUT2D eigenvalue weighted by molar-refractivity contribution is 6.30. The van der Waals surface area contributed by atoms with Gasteiger partial charge in [-0.05, 0) is 43.2 Å². The molecule has 4 atom stereocenters. The first-order valence-corrected chi connectivity index (χ1v) is 10.6. The summed E-state index contributed by atoms with van der Waals surface area (Å²) in [5, 5.41) is 22.2. The molecule has 1 unspecified atom stereocenters. The Labute approximate surface area is 171 Å². The summed E-state index contributed by atoms with van der Waals surface area (Å²) in [4.78, 5) is 1.45. The van der Waals surface area contributed by atoms with E-state index in [-0.39, 0.29) is 17.7 Å². The van der Waals surface area contributed by atoms with Crippen molar-refractivity contribution in [3.05, 3.63) is 58.6 Å². The van der Waals surface area contributed by atoms with Crippen LogP contribution in [0.1, 0.15) is 49.3 Å². The van der Waals surface area contributed by atoms with Gasteiger partial charge in [-0.2, -0.15) is 0 Å². The molecule has 0 aromatic heterocycles. The highest BCUT2D eigenvalue weighted by Gasteiger charge is 2.51. The molecule has 1 saturated heterocycles. The monoisotopic (exact) mass is 402 g/mol. The van der Waals surface area contributed by atoms with Crippen LogP contribution in [0.4, 0.5) is 0 Å². The zero-order chi connectivity index (χ0) is 19.7. The van der Waals surface area contributed by atoms with Gasteiger partial charge in [0.1, 0.15) is 12.6 Å². The van der Waals surface area contributed by atoms with E-state index in [2.05, 4.69) is 12.1 Å². The van der Waals surface area contributed by atoms with Crippen molar-refractivity contribution < 1.29 is 19.8 Å². The molecule has 28 heavy (non-hydrogen) atoms. The number of benzene rings is 2. The Morgan fingerprint density at radius 3 is 2.68 bits per heavy atom. The number of aliphatic hydroxyl groups is 1. The van der Waals surface area contributed by atoms with E-state index in [0.29, 0.717) is 5.75 Å². The normalized spacial score (nSPS) is 29.9. The van der Waals surface area contributed by atoms with Crippen molar-refractivity contribution in [3.63, 3.8) is 0 Å². The molecule has 4 nitrogen and oxygen atoms in total. The molecule has 1 heterocycles. The Kier molecular flexibility index (Phi) is 5.55. The Hall–Kier alpha value is -1.75. The number of halogens is 1. The number of nitrogens with one attached hydrogen (secondary N) is 1. The van der Waals surface area contributed by atoms with Crippen LogP contribution in [0.15, 0.2) is 42.5 Å². The largest absolute Gasteiger partial charge is 0.504 e. The van der Waals surface area contributed by atoms with Crippen LogP contribution in [0.5, 0.6) is 11.5 Å². The lowest BCUT2D eigenvalue weighted by Crippen LogP contribution is -3.13. The molecule has 2 fully saturated rings. The molecular weight excluding hydrogens is 374 g/mol. The quantitative estimate of drug-likeness (QED) is 0.733. The number of hydrogen-bond donors (Lipinski definition) is 3. The predicted molar refractivity (Wildman–Crippen MR) is 110 cm³/mol. The Bertz CT molecular complexity index is 825. The van der Waals surface area contributed by atoms with Crippen LogP contribution in [0.2, 0.25) is 5.02 Å². The molecule has 2 aliphatic rings. The van der Waals surface area contributed by atoms with Crippen LogP contribution < -0.4 is 9.64 Å². The van der Waals surface area contributed by atoms with Crippen LogP contribution in [0.3, 0.4) is 0 Å². The summed E-state index contributed by atoms with van der Waals surface area (Å²) in [5.41, 5.74) is 1.79. The lowest BCUT2D eigenvalue weighted by molar-refractivity contribution is -0.958. The zero-order valence-electron chi connectivity index (χ0n) is 16.3. The van der Waals surface area contributed by atoms with Crippen molar-refractivity contribution in [1.29, 1.82) is 0 Å². The van der Waals surface area contributed by atoms with Gasteiger partial charge in [0.15, 0.2) is 11.5 Å². The number of hydrogen-bond acceptors (Lipinski definition) is 3. The first-order chi connectivity index (χ1) is 13.5. The third kappa shape index (κ3) is 3.73. The molecule has 0 radical (unpaired) electrons. The first-order valence-electron chi connectivity index (χ1n) is 10.2. The fraction of sp³-hybridized carbons (Fsp3) is 0.478. The number of methoxy groups -OCH3 is 1. The van der Waals surface area contributed by atoms with Gasteiger partial charge in [-0.3, -0.25) is 0 Å². The second-order valence-electron chi connectivity index (χ2n) is 8.33. The van der Waals surface area contributed by atoms with Gasteiger partial charge < -0.3 is 19.8 Å². The molecule has 0 bridgehead atoms. The maximum absolute atomic E-state index is 11.4. The summed E-state index contributed by atoms with van der Waals surface area (Å²) >= 11 is 6.06. The number of piperidine rings is 1. The predicted octanol–water partition coefficient (Wildman–Crippen LogP) is 3.51.